The van der Waals surface area contributed by atoms with Crippen LogP contribution in [0.1, 0.15) is 0 Å². The Morgan fingerprint density at radius 2 is 1.92 bits per heavy atom. The highest BCUT2D eigenvalue weighted by atomic mass is 35.5. The summed E-state index contributed by atoms with van der Waals surface area (Å²) < 4.78 is 24.6. The first kappa shape index (κ1) is 18.2. The Morgan fingerprint density at radius 3 is 2.58 bits per heavy atom. The van der Waals surface area contributed by atoms with E-state index in [2.05, 4.69) is 10.6 Å². The van der Waals surface area contributed by atoms with Gasteiger partial charge in [-0.3, -0.25) is 9.69 Å². The van der Waals surface area contributed by atoms with Gasteiger partial charge in [0.1, 0.15) is 5.75 Å². The lowest BCUT2D eigenvalue weighted by molar-refractivity contribution is -0.113. The van der Waals surface area contributed by atoms with Gasteiger partial charge in [-0.1, -0.05) is 17.7 Å². The summed E-state index contributed by atoms with van der Waals surface area (Å²) in [5, 5.41) is 5.66. The van der Waals surface area contributed by atoms with E-state index in [-0.39, 0.29) is 10.9 Å². The maximum Gasteiger partial charge on any atom is 0.321 e. The number of sulfone groups is 1. The van der Waals surface area contributed by atoms with Gasteiger partial charge in [0.2, 0.25) is 5.91 Å². The summed E-state index contributed by atoms with van der Waals surface area (Å²) in [6, 6.07) is 12.1. The fraction of sp³-hybridized carbons (Fsp3) is 0.176. The minimum atomic E-state index is -3.78. The van der Waals surface area contributed by atoms with Crippen LogP contribution in [0.3, 0.4) is 0 Å². The van der Waals surface area contributed by atoms with Gasteiger partial charge in [0.25, 0.3) is 0 Å². The molecule has 2 N–H and O–H groups in total. The molecule has 0 aliphatic carbocycles. The summed E-state index contributed by atoms with van der Waals surface area (Å²) in [7, 11) is -3.78. The highest BCUT2D eigenvalue weighted by Gasteiger charge is 2.22. The van der Waals surface area contributed by atoms with Crippen molar-refractivity contribution in [1.82, 2.24) is 5.32 Å². The first-order chi connectivity index (χ1) is 12.3. The number of halogens is 1. The summed E-state index contributed by atoms with van der Waals surface area (Å²) in [4.78, 5) is 25.4. The molecule has 3 amide bonds. The fourth-order valence-corrected chi connectivity index (χ4v) is 3.83. The van der Waals surface area contributed by atoms with E-state index in [1.807, 2.05) is 0 Å². The molecule has 9 heteroatoms. The van der Waals surface area contributed by atoms with Crippen molar-refractivity contribution < 1.29 is 18.0 Å². The predicted octanol–water partition coefficient (Wildman–Crippen LogP) is 2.28. The second-order valence-electron chi connectivity index (χ2n) is 5.70. The third-order valence-corrected chi connectivity index (χ3v) is 5.68. The normalized spacial score (nSPS) is 14.2. The lowest BCUT2D eigenvalue weighted by Gasteiger charge is -2.15. The summed E-state index contributed by atoms with van der Waals surface area (Å²) in [5.41, 5.74) is 1.04. The summed E-state index contributed by atoms with van der Waals surface area (Å²) in [6.07, 6.45) is 0. The SMILES string of the molecule is O=C(CS(=O)(=O)c1ccc(Cl)cc1)Nc1cccc(N2CCNC2=O)c1. The van der Waals surface area contributed by atoms with Crippen molar-refractivity contribution in [3.8, 4) is 0 Å². The van der Waals surface area contributed by atoms with Crippen LogP contribution in [0.25, 0.3) is 0 Å². The topological polar surface area (TPSA) is 95.6 Å². The smallest absolute Gasteiger partial charge is 0.321 e. The average molecular weight is 394 g/mol. The van der Waals surface area contributed by atoms with E-state index < -0.39 is 21.5 Å². The van der Waals surface area contributed by atoms with Crippen molar-refractivity contribution >= 4 is 44.8 Å². The minimum Gasteiger partial charge on any atom is -0.336 e. The molecule has 1 heterocycles. The number of nitrogens with one attached hydrogen (secondary N) is 2. The molecule has 0 atom stereocenters. The molecule has 1 aliphatic rings. The Kier molecular flexibility index (Phi) is 5.15. The third-order valence-electron chi connectivity index (χ3n) is 3.79. The van der Waals surface area contributed by atoms with Gasteiger partial charge in [-0.05, 0) is 42.5 Å². The number of urea groups is 1. The van der Waals surface area contributed by atoms with E-state index in [9.17, 15) is 18.0 Å². The molecular weight excluding hydrogens is 378 g/mol. The summed E-state index contributed by atoms with van der Waals surface area (Å²) in [5.74, 6) is -1.36. The molecular formula is C17H16ClN3O4S. The lowest BCUT2D eigenvalue weighted by Crippen LogP contribution is -2.28. The van der Waals surface area contributed by atoms with Crippen molar-refractivity contribution in [3.63, 3.8) is 0 Å². The van der Waals surface area contributed by atoms with Gasteiger partial charge in [-0.15, -0.1) is 0 Å². The molecule has 7 nitrogen and oxygen atoms in total. The first-order valence-electron chi connectivity index (χ1n) is 7.79. The van der Waals surface area contributed by atoms with Crippen LogP contribution < -0.4 is 15.5 Å². The van der Waals surface area contributed by atoms with Crippen molar-refractivity contribution in [2.24, 2.45) is 0 Å². The van der Waals surface area contributed by atoms with Crippen molar-refractivity contribution in [1.29, 1.82) is 0 Å². The van der Waals surface area contributed by atoms with Gasteiger partial charge >= 0.3 is 6.03 Å². The second-order valence-corrected chi connectivity index (χ2v) is 8.12. The lowest BCUT2D eigenvalue weighted by atomic mass is 10.2. The van der Waals surface area contributed by atoms with Gasteiger partial charge in [0, 0.05) is 29.5 Å². The van der Waals surface area contributed by atoms with Crippen molar-refractivity contribution in [3.05, 3.63) is 53.6 Å². The van der Waals surface area contributed by atoms with Crippen LogP contribution in [0.4, 0.5) is 16.2 Å². The molecule has 0 radical (unpaired) electrons. The van der Waals surface area contributed by atoms with Crippen LogP contribution >= 0.6 is 11.6 Å². The van der Waals surface area contributed by atoms with Gasteiger partial charge in [0.05, 0.1) is 4.90 Å². The molecule has 26 heavy (non-hydrogen) atoms. The standard InChI is InChI=1S/C17H16ClN3O4S/c18-12-4-6-15(7-5-12)26(24,25)11-16(22)20-13-2-1-3-14(10-13)21-9-8-19-17(21)23/h1-7,10H,8-9,11H2,(H,19,23)(H,20,22). The molecule has 0 unspecified atom stereocenters. The number of carbonyl (C=O) groups is 2. The zero-order chi connectivity index (χ0) is 18.7. The molecule has 0 bridgehead atoms. The van der Waals surface area contributed by atoms with Crippen LogP contribution in [0, 0.1) is 0 Å². The Balaban J connectivity index is 1.70. The molecule has 3 rings (SSSR count). The molecule has 2 aromatic carbocycles. The largest absolute Gasteiger partial charge is 0.336 e. The Bertz CT molecular complexity index is 945. The highest BCUT2D eigenvalue weighted by Crippen LogP contribution is 2.21. The Hall–Kier alpha value is -2.58. The Morgan fingerprint density at radius 1 is 1.19 bits per heavy atom. The maximum atomic E-state index is 12.3. The Labute approximate surface area is 155 Å². The minimum absolute atomic E-state index is 0.0274. The zero-order valence-electron chi connectivity index (χ0n) is 13.6. The zero-order valence-corrected chi connectivity index (χ0v) is 15.2. The van der Waals surface area contributed by atoms with E-state index >= 15 is 0 Å². The van der Waals surface area contributed by atoms with Crippen LogP contribution in [0.15, 0.2) is 53.4 Å². The van der Waals surface area contributed by atoms with Crippen molar-refractivity contribution in [2.75, 3.05) is 29.1 Å². The van der Waals surface area contributed by atoms with Gasteiger partial charge < -0.3 is 10.6 Å². The first-order valence-corrected chi connectivity index (χ1v) is 9.82. The van der Waals surface area contributed by atoms with Gasteiger partial charge in [-0.25, -0.2) is 13.2 Å². The number of hydrogen-bond acceptors (Lipinski definition) is 4. The molecule has 1 fully saturated rings. The van der Waals surface area contributed by atoms with Gasteiger partial charge in [-0.2, -0.15) is 0 Å². The van der Waals surface area contributed by atoms with Crippen molar-refractivity contribution in [2.45, 2.75) is 4.90 Å². The maximum absolute atomic E-state index is 12.3. The number of anilines is 2. The van der Waals surface area contributed by atoms with Crippen LogP contribution in [-0.2, 0) is 14.6 Å². The van der Waals surface area contributed by atoms with E-state index in [1.54, 1.807) is 29.2 Å². The summed E-state index contributed by atoms with van der Waals surface area (Å²) >= 11 is 5.75. The van der Waals surface area contributed by atoms with E-state index in [0.29, 0.717) is 29.5 Å². The number of nitrogens with zero attached hydrogens (tertiary/aromatic N) is 1. The predicted molar refractivity (Wildman–Crippen MR) is 99.3 cm³/mol. The quantitative estimate of drug-likeness (QED) is 0.814. The number of hydrogen-bond donors (Lipinski definition) is 2. The fourth-order valence-electron chi connectivity index (χ4n) is 2.56. The molecule has 1 aliphatic heterocycles. The monoisotopic (exact) mass is 393 g/mol. The number of carbonyl (C=O) groups excluding carboxylic acids is 2. The molecule has 0 spiro atoms. The van der Waals surface area contributed by atoms with E-state index in [1.165, 1.54) is 24.3 Å². The average Bonchev–Trinajstić information content (AvgIpc) is 3.01. The van der Waals surface area contributed by atoms with Crippen LogP contribution in [0.2, 0.25) is 5.02 Å². The number of benzene rings is 2. The third kappa shape index (κ3) is 4.14. The van der Waals surface area contributed by atoms with Crippen LogP contribution in [0.5, 0.6) is 0 Å². The molecule has 1 saturated heterocycles. The van der Waals surface area contributed by atoms with E-state index in [4.69, 9.17) is 11.6 Å². The molecule has 136 valence electrons. The molecule has 0 aromatic heterocycles. The highest BCUT2D eigenvalue weighted by molar-refractivity contribution is 7.92. The number of rotatable bonds is 5. The number of amides is 3. The summed E-state index contributed by atoms with van der Waals surface area (Å²) in [6.45, 7) is 1.08. The van der Waals surface area contributed by atoms with Gasteiger partial charge in [0.15, 0.2) is 9.84 Å². The molecule has 2 aromatic rings. The second kappa shape index (κ2) is 7.35. The molecule has 0 saturated carbocycles. The van der Waals surface area contributed by atoms with E-state index in [0.717, 1.165) is 0 Å². The van der Waals surface area contributed by atoms with Crippen LogP contribution in [-0.4, -0.2) is 39.2 Å².